The Labute approximate surface area is 128 Å². The van der Waals surface area contributed by atoms with Crippen molar-refractivity contribution >= 4 is 11.6 Å². The van der Waals surface area contributed by atoms with Crippen LogP contribution in [-0.4, -0.2) is 16.2 Å². The average Bonchev–Trinajstić information content (AvgIpc) is 2.87. The van der Waals surface area contributed by atoms with E-state index in [9.17, 15) is 9.90 Å². The molecule has 1 atom stereocenters. The number of carbonyl (C=O) groups excluding carboxylic acids is 1. The molecule has 2 heterocycles. The second-order valence-corrected chi connectivity index (χ2v) is 6.31. The Morgan fingerprint density at radius 3 is 2.73 bits per heavy atom. The van der Waals surface area contributed by atoms with Crippen LogP contribution in [0.2, 0.25) is 0 Å². The van der Waals surface area contributed by atoms with E-state index < -0.39 is 5.60 Å². The van der Waals surface area contributed by atoms with Crippen LogP contribution >= 0.6 is 0 Å². The molecule has 1 saturated carbocycles. The number of aryl methyl sites for hydroxylation is 2. The topological polar surface area (TPSA) is 75.4 Å². The van der Waals surface area contributed by atoms with E-state index in [0.717, 1.165) is 41.8 Å². The fourth-order valence-electron chi connectivity index (χ4n) is 3.59. The molecule has 0 saturated heterocycles. The molecule has 5 heteroatoms. The quantitative estimate of drug-likeness (QED) is 0.894. The monoisotopic (exact) mass is 298 g/mol. The van der Waals surface area contributed by atoms with Gasteiger partial charge in [0, 0.05) is 22.7 Å². The summed E-state index contributed by atoms with van der Waals surface area (Å²) in [5.74, 6) is 0.443. The lowest BCUT2D eigenvalue weighted by atomic mass is 9.70. The van der Waals surface area contributed by atoms with Gasteiger partial charge in [-0.2, -0.15) is 0 Å². The third-order valence-electron chi connectivity index (χ3n) is 5.04. The zero-order valence-corrected chi connectivity index (χ0v) is 12.6. The predicted octanol–water partition coefficient (Wildman–Crippen LogP) is 2.90. The van der Waals surface area contributed by atoms with Gasteiger partial charge in [0.2, 0.25) is 0 Å². The Balaban J connectivity index is 1.86. The molecule has 4 rings (SSSR count). The molecule has 1 fully saturated rings. The van der Waals surface area contributed by atoms with Gasteiger partial charge in [0.25, 0.3) is 5.91 Å². The highest BCUT2D eigenvalue weighted by atomic mass is 16.5. The van der Waals surface area contributed by atoms with E-state index in [0.29, 0.717) is 11.3 Å². The standard InChI is InChI=1S/C17H18N2O3/c1-9-15(10(2)22-19-9)11-6-7-14-13(8-11)17(21,16(20)18-14)12-4-3-5-12/h6-8,12,21H,3-5H2,1-2H3,(H,18,20). The summed E-state index contributed by atoms with van der Waals surface area (Å²) in [7, 11) is 0. The molecule has 1 aromatic heterocycles. The molecule has 1 aliphatic heterocycles. The lowest BCUT2D eigenvalue weighted by Gasteiger charge is -2.37. The summed E-state index contributed by atoms with van der Waals surface area (Å²) in [4.78, 5) is 12.3. The summed E-state index contributed by atoms with van der Waals surface area (Å²) in [6.45, 7) is 3.75. The highest BCUT2D eigenvalue weighted by Gasteiger charge is 2.52. The maximum Gasteiger partial charge on any atom is 0.261 e. The minimum Gasteiger partial charge on any atom is -0.375 e. The number of hydrogen-bond donors (Lipinski definition) is 2. The Morgan fingerprint density at radius 1 is 1.36 bits per heavy atom. The third-order valence-corrected chi connectivity index (χ3v) is 5.04. The van der Waals surface area contributed by atoms with Gasteiger partial charge >= 0.3 is 0 Å². The Bertz CT molecular complexity index is 757. The zero-order chi connectivity index (χ0) is 15.5. The fraction of sp³-hybridized carbons (Fsp3) is 0.412. The summed E-state index contributed by atoms with van der Waals surface area (Å²) >= 11 is 0. The number of hydrogen-bond acceptors (Lipinski definition) is 4. The predicted molar refractivity (Wildman–Crippen MR) is 81.3 cm³/mol. The SMILES string of the molecule is Cc1noc(C)c1-c1ccc2c(c1)C(O)(C1CCC1)C(=O)N2. The van der Waals surface area contributed by atoms with Gasteiger partial charge in [-0.3, -0.25) is 4.79 Å². The van der Waals surface area contributed by atoms with Crippen LogP contribution in [-0.2, 0) is 10.4 Å². The van der Waals surface area contributed by atoms with Crippen LogP contribution in [0.5, 0.6) is 0 Å². The summed E-state index contributed by atoms with van der Waals surface area (Å²) < 4.78 is 5.23. The molecule has 0 radical (unpaired) electrons. The third kappa shape index (κ3) is 1.63. The van der Waals surface area contributed by atoms with Crippen molar-refractivity contribution < 1.29 is 14.4 Å². The van der Waals surface area contributed by atoms with Gasteiger partial charge < -0.3 is 14.9 Å². The van der Waals surface area contributed by atoms with Crippen molar-refractivity contribution in [3.63, 3.8) is 0 Å². The molecule has 2 N–H and O–H groups in total. The van der Waals surface area contributed by atoms with Crippen molar-refractivity contribution in [3.8, 4) is 11.1 Å². The summed E-state index contributed by atoms with van der Waals surface area (Å²) in [5, 5.41) is 17.8. The number of nitrogens with zero attached hydrogens (tertiary/aromatic N) is 1. The molecule has 1 aromatic carbocycles. The molecular formula is C17H18N2O3. The van der Waals surface area contributed by atoms with Crippen molar-refractivity contribution in [3.05, 3.63) is 35.2 Å². The molecule has 1 unspecified atom stereocenters. The van der Waals surface area contributed by atoms with E-state index in [-0.39, 0.29) is 11.8 Å². The molecule has 2 aromatic rings. The molecule has 1 amide bonds. The van der Waals surface area contributed by atoms with Crippen LogP contribution in [0.25, 0.3) is 11.1 Å². The van der Waals surface area contributed by atoms with Gasteiger partial charge in [-0.1, -0.05) is 17.6 Å². The van der Waals surface area contributed by atoms with Crippen LogP contribution in [0.4, 0.5) is 5.69 Å². The van der Waals surface area contributed by atoms with Gasteiger partial charge in [-0.05, 0) is 44.4 Å². The van der Waals surface area contributed by atoms with Crippen molar-refractivity contribution in [1.29, 1.82) is 0 Å². The maximum atomic E-state index is 12.3. The largest absolute Gasteiger partial charge is 0.375 e. The smallest absolute Gasteiger partial charge is 0.261 e. The second kappa shape index (κ2) is 4.43. The minimum atomic E-state index is -1.40. The Hall–Kier alpha value is -2.14. The molecule has 114 valence electrons. The van der Waals surface area contributed by atoms with E-state index in [1.54, 1.807) is 0 Å². The number of carbonyl (C=O) groups is 1. The van der Waals surface area contributed by atoms with E-state index in [4.69, 9.17) is 4.52 Å². The number of fused-ring (bicyclic) bond motifs is 1. The molecule has 2 aliphatic rings. The van der Waals surface area contributed by atoms with Gasteiger partial charge in [0.1, 0.15) is 5.76 Å². The van der Waals surface area contributed by atoms with Crippen LogP contribution < -0.4 is 5.32 Å². The first-order valence-electron chi connectivity index (χ1n) is 7.63. The number of aliphatic hydroxyl groups is 1. The number of amides is 1. The average molecular weight is 298 g/mol. The molecule has 22 heavy (non-hydrogen) atoms. The first kappa shape index (κ1) is 13.5. The lowest BCUT2D eigenvalue weighted by Crippen LogP contribution is -2.44. The number of benzene rings is 1. The number of nitrogens with one attached hydrogen (secondary N) is 1. The van der Waals surface area contributed by atoms with Crippen LogP contribution in [0.3, 0.4) is 0 Å². The molecule has 0 bridgehead atoms. The molecule has 1 aliphatic carbocycles. The highest BCUT2D eigenvalue weighted by molar-refractivity contribution is 6.05. The van der Waals surface area contributed by atoms with Crippen molar-refractivity contribution in [2.45, 2.75) is 38.7 Å². The molecule has 5 nitrogen and oxygen atoms in total. The van der Waals surface area contributed by atoms with Gasteiger partial charge in [0.15, 0.2) is 5.60 Å². The van der Waals surface area contributed by atoms with Crippen LogP contribution in [0.1, 0.15) is 36.3 Å². The molecule has 0 spiro atoms. The van der Waals surface area contributed by atoms with E-state index in [1.165, 1.54) is 0 Å². The van der Waals surface area contributed by atoms with Crippen molar-refractivity contribution in [2.75, 3.05) is 5.32 Å². The Kier molecular flexibility index (Phi) is 2.72. The summed E-state index contributed by atoms with van der Waals surface area (Å²) in [5.41, 5.74) is 2.64. The first-order chi connectivity index (χ1) is 10.5. The van der Waals surface area contributed by atoms with Crippen molar-refractivity contribution in [2.24, 2.45) is 5.92 Å². The number of anilines is 1. The van der Waals surface area contributed by atoms with Gasteiger partial charge in [0.05, 0.1) is 5.69 Å². The summed E-state index contributed by atoms with van der Waals surface area (Å²) in [6, 6.07) is 5.68. The summed E-state index contributed by atoms with van der Waals surface area (Å²) in [6.07, 6.45) is 2.84. The first-order valence-corrected chi connectivity index (χ1v) is 7.63. The second-order valence-electron chi connectivity index (χ2n) is 6.31. The highest BCUT2D eigenvalue weighted by Crippen LogP contribution is 2.49. The van der Waals surface area contributed by atoms with E-state index in [2.05, 4.69) is 10.5 Å². The van der Waals surface area contributed by atoms with Crippen LogP contribution in [0.15, 0.2) is 22.7 Å². The Morgan fingerprint density at radius 2 is 2.14 bits per heavy atom. The van der Waals surface area contributed by atoms with Crippen LogP contribution in [0, 0.1) is 19.8 Å². The normalized spacial score (nSPS) is 24.0. The van der Waals surface area contributed by atoms with Crippen molar-refractivity contribution in [1.82, 2.24) is 5.16 Å². The maximum absolute atomic E-state index is 12.3. The van der Waals surface area contributed by atoms with Gasteiger partial charge in [-0.25, -0.2) is 0 Å². The van der Waals surface area contributed by atoms with Gasteiger partial charge in [-0.15, -0.1) is 0 Å². The number of aromatic nitrogens is 1. The number of rotatable bonds is 2. The zero-order valence-electron chi connectivity index (χ0n) is 12.6. The van der Waals surface area contributed by atoms with E-state index >= 15 is 0 Å². The minimum absolute atomic E-state index is 0.00803. The fourth-order valence-corrected chi connectivity index (χ4v) is 3.59. The van der Waals surface area contributed by atoms with E-state index in [1.807, 2.05) is 32.0 Å². The molecular weight excluding hydrogens is 280 g/mol. The lowest BCUT2D eigenvalue weighted by molar-refractivity contribution is -0.144.